The van der Waals surface area contributed by atoms with Gasteiger partial charge in [-0.1, -0.05) is 49.0 Å². The SMILES string of the molecule is CCc1ccc(O[C@H](C)c2nnc(SCC(=O)Nc3ccccc3)n2C)cc1. The normalized spacial score (nSPS) is 11.8. The molecule has 2 aromatic carbocycles. The predicted octanol–water partition coefficient (Wildman–Crippen LogP) is 4.25. The molecule has 1 atom stereocenters. The number of aryl methyl sites for hydroxylation is 1. The number of benzene rings is 2. The van der Waals surface area contributed by atoms with Crippen LogP contribution >= 0.6 is 11.8 Å². The summed E-state index contributed by atoms with van der Waals surface area (Å²) in [5.74, 6) is 1.69. The van der Waals surface area contributed by atoms with E-state index in [-0.39, 0.29) is 17.8 Å². The average Bonchev–Trinajstić information content (AvgIpc) is 3.08. The highest BCUT2D eigenvalue weighted by atomic mass is 32.2. The van der Waals surface area contributed by atoms with Crippen molar-refractivity contribution in [1.82, 2.24) is 14.8 Å². The number of ether oxygens (including phenoxy) is 1. The highest BCUT2D eigenvalue weighted by Gasteiger charge is 2.18. The first kappa shape index (κ1) is 19.9. The summed E-state index contributed by atoms with van der Waals surface area (Å²) in [6.45, 7) is 4.06. The van der Waals surface area contributed by atoms with E-state index < -0.39 is 0 Å². The first-order chi connectivity index (χ1) is 13.6. The van der Waals surface area contributed by atoms with E-state index in [0.717, 1.165) is 17.9 Å². The van der Waals surface area contributed by atoms with Gasteiger partial charge in [0.05, 0.1) is 5.75 Å². The lowest BCUT2D eigenvalue weighted by molar-refractivity contribution is -0.113. The Balaban J connectivity index is 1.57. The van der Waals surface area contributed by atoms with Gasteiger partial charge in [-0.15, -0.1) is 10.2 Å². The maximum atomic E-state index is 12.1. The first-order valence-electron chi connectivity index (χ1n) is 9.19. The summed E-state index contributed by atoms with van der Waals surface area (Å²) in [7, 11) is 1.88. The summed E-state index contributed by atoms with van der Waals surface area (Å²) in [4.78, 5) is 12.1. The molecule has 0 spiro atoms. The van der Waals surface area contributed by atoms with Gasteiger partial charge in [0.1, 0.15) is 5.75 Å². The summed E-state index contributed by atoms with van der Waals surface area (Å²) in [6.07, 6.45) is 0.745. The van der Waals surface area contributed by atoms with Crippen LogP contribution in [0.2, 0.25) is 0 Å². The Morgan fingerprint density at radius 1 is 1.14 bits per heavy atom. The number of amides is 1. The summed E-state index contributed by atoms with van der Waals surface area (Å²) in [5.41, 5.74) is 2.05. The Morgan fingerprint density at radius 2 is 1.86 bits per heavy atom. The molecule has 3 aromatic rings. The molecule has 1 amide bonds. The van der Waals surface area contributed by atoms with Gasteiger partial charge >= 0.3 is 0 Å². The van der Waals surface area contributed by atoms with Crippen LogP contribution in [-0.2, 0) is 18.3 Å². The van der Waals surface area contributed by atoms with Crippen molar-refractivity contribution >= 4 is 23.4 Å². The van der Waals surface area contributed by atoms with E-state index in [2.05, 4.69) is 34.6 Å². The van der Waals surface area contributed by atoms with Crippen LogP contribution in [0.25, 0.3) is 0 Å². The first-order valence-corrected chi connectivity index (χ1v) is 10.2. The molecule has 0 aliphatic rings. The molecule has 0 saturated carbocycles. The van der Waals surface area contributed by atoms with Gasteiger partial charge < -0.3 is 14.6 Å². The zero-order valence-electron chi connectivity index (χ0n) is 16.3. The van der Waals surface area contributed by atoms with E-state index in [1.807, 2.05) is 61.0 Å². The minimum atomic E-state index is -0.252. The van der Waals surface area contributed by atoms with E-state index in [9.17, 15) is 4.79 Å². The molecule has 0 unspecified atom stereocenters. The fourth-order valence-corrected chi connectivity index (χ4v) is 3.43. The number of carbonyl (C=O) groups is 1. The van der Waals surface area contributed by atoms with Crippen LogP contribution in [0, 0.1) is 0 Å². The number of hydrogen-bond acceptors (Lipinski definition) is 5. The highest BCUT2D eigenvalue weighted by molar-refractivity contribution is 7.99. The average molecular weight is 397 g/mol. The van der Waals surface area contributed by atoms with Gasteiger partial charge in [0.2, 0.25) is 5.91 Å². The summed E-state index contributed by atoms with van der Waals surface area (Å²) in [5, 5.41) is 12.0. The van der Waals surface area contributed by atoms with Crippen LogP contribution < -0.4 is 10.1 Å². The molecule has 1 aromatic heterocycles. The van der Waals surface area contributed by atoms with Crippen LogP contribution in [0.1, 0.15) is 31.3 Å². The standard InChI is InChI=1S/C21H24N4O2S/c1-4-16-10-12-18(13-11-16)27-15(2)20-23-24-21(25(20)3)28-14-19(26)22-17-8-6-5-7-9-17/h5-13,15H,4,14H2,1-3H3,(H,22,26)/t15-/m1/s1. The summed E-state index contributed by atoms with van der Waals surface area (Å²) >= 11 is 1.35. The van der Waals surface area contributed by atoms with E-state index in [4.69, 9.17) is 4.74 Å². The third-order valence-electron chi connectivity index (χ3n) is 4.27. The number of nitrogens with zero attached hydrogens (tertiary/aromatic N) is 3. The topological polar surface area (TPSA) is 69.0 Å². The molecule has 0 aliphatic carbocycles. The molecule has 0 radical (unpaired) electrons. The van der Waals surface area contributed by atoms with Crippen molar-refractivity contribution in [2.75, 3.05) is 11.1 Å². The Morgan fingerprint density at radius 3 is 2.54 bits per heavy atom. The molecule has 0 bridgehead atoms. The number of carbonyl (C=O) groups excluding carboxylic acids is 1. The largest absolute Gasteiger partial charge is 0.483 e. The minimum Gasteiger partial charge on any atom is -0.483 e. The van der Waals surface area contributed by atoms with Gasteiger partial charge in [0.25, 0.3) is 0 Å². The molecule has 0 aliphatic heterocycles. The predicted molar refractivity (Wildman–Crippen MR) is 112 cm³/mol. The smallest absolute Gasteiger partial charge is 0.234 e. The molecule has 6 nitrogen and oxygen atoms in total. The molecule has 7 heteroatoms. The van der Waals surface area contributed by atoms with Crippen LogP contribution in [0.15, 0.2) is 59.8 Å². The fraction of sp³-hybridized carbons (Fsp3) is 0.286. The third-order valence-corrected chi connectivity index (χ3v) is 5.29. The maximum Gasteiger partial charge on any atom is 0.234 e. The maximum absolute atomic E-state index is 12.1. The fourth-order valence-electron chi connectivity index (χ4n) is 2.72. The van der Waals surface area contributed by atoms with E-state index >= 15 is 0 Å². The third kappa shape index (κ3) is 5.13. The second kappa shape index (κ2) is 9.41. The molecule has 1 heterocycles. The van der Waals surface area contributed by atoms with Crippen molar-refractivity contribution in [1.29, 1.82) is 0 Å². The summed E-state index contributed by atoms with van der Waals surface area (Å²) < 4.78 is 7.85. The van der Waals surface area contributed by atoms with Gasteiger partial charge in [-0.25, -0.2) is 0 Å². The van der Waals surface area contributed by atoms with E-state index in [0.29, 0.717) is 11.0 Å². The zero-order chi connectivity index (χ0) is 19.9. The monoisotopic (exact) mass is 396 g/mol. The Kier molecular flexibility index (Phi) is 6.71. The molecule has 0 saturated heterocycles. The second-order valence-corrected chi connectivity index (χ2v) is 7.30. The van der Waals surface area contributed by atoms with E-state index in [1.165, 1.54) is 17.3 Å². The number of nitrogens with one attached hydrogen (secondary N) is 1. The number of hydrogen-bond donors (Lipinski definition) is 1. The Labute approximate surface area is 169 Å². The van der Waals surface area contributed by atoms with E-state index in [1.54, 1.807) is 0 Å². The number of thioether (sulfide) groups is 1. The highest BCUT2D eigenvalue weighted by Crippen LogP contribution is 2.24. The molecular weight excluding hydrogens is 372 g/mol. The molecule has 146 valence electrons. The van der Waals surface area contributed by atoms with Crippen molar-refractivity contribution in [2.45, 2.75) is 31.5 Å². The Hall–Kier alpha value is -2.80. The van der Waals surface area contributed by atoms with Crippen LogP contribution in [0.3, 0.4) is 0 Å². The van der Waals surface area contributed by atoms with Crippen molar-refractivity contribution in [3.8, 4) is 5.75 Å². The van der Waals surface area contributed by atoms with Crippen LogP contribution in [0.5, 0.6) is 5.75 Å². The number of para-hydroxylation sites is 1. The van der Waals surface area contributed by atoms with Crippen molar-refractivity contribution < 1.29 is 9.53 Å². The molecule has 1 N–H and O–H groups in total. The molecule has 3 rings (SSSR count). The number of aromatic nitrogens is 3. The lowest BCUT2D eigenvalue weighted by Crippen LogP contribution is -2.14. The lowest BCUT2D eigenvalue weighted by Gasteiger charge is -2.14. The number of rotatable bonds is 8. The lowest BCUT2D eigenvalue weighted by atomic mass is 10.2. The van der Waals surface area contributed by atoms with Gasteiger partial charge in [0, 0.05) is 12.7 Å². The van der Waals surface area contributed by atoms with Crippen LogP contribution in [0.4, 0.5) is 5.69 Å². The quantitative estimate of drug-likeness (QED) is 0.577. The molecule has 28 heavy (non-hydrogen) atoms. The Bertz CT molecular complexity index is 910. The van der Waals surface area contributed by atoms with Gasteiger partial charge in [0.15, 0.2) is 17.1 Å². The number of anilines is 1. The van der Waals surface area contributed by atoms with Crippen LogP contribution in [-0.4, -0.2) is 26.4 Å². The van der Waals surface area contributed by atoms with Gasteiger partial charge in [-0.05, 0) is 43.2 Å². The molecule has 0 fully saturated rings. The second-order valence-electron chi connectivity index (χ2n) is 6.36. The van der Waals surface area contributed by atoms with Gasteiger partial charge in [-0.2, -0.15) is 0 Å². The molecular formula is C21H24N4O2S. The zero-order valence-corrected chi connectivity index (χ0v) is 17.1. The van der Waals surface area contributed by atoms with Gasteiger partial charge in [-0.3, -0.25) is 4.79 Å². The minimum absolute atomic E-state index is 0.0823. The summed E-state index contributed by atoms with van der Waals surface area (Å²) in [6, 6.07) is 17.4. The van der Waals surface area contributed by atoms with Crippen molar-refractivity contribution in [2.24, 2.45) is 7.05 Å². The van der Waals surface area contributed by atoms with Crippen molar-refractivity contribution in [3.05, 3.63) is 66.0 Å². The van der Waals surface area contributed by atoms with Crippen molar-refractivity contribution in [3.63, 3.8) is 0 Å².